The number of ether oxygens (including phenoxy) is 2. The fourth-order valence-electron chi connectivity index (χ4n) is 4.06. The summed E-state index contributed by atoms with van der Waals surface area (Å²) in [5.74, 6) is 1.66. The Morgan fingerprint density at radius 2 is 1.88 bits per heavy atom. The first-order chi connectivity index (χ1) is 11.7. The fraction of sp³-hybridized carbons (Fsp3) is 0.421. The number of fused-ring (bicyclic) bond motifs is 4. The van der Waals surface area contributed by atoms with Crippen LogP contribution < -0.4 is 9.47 Å². The molecule has 2 unspecified atom stereocenters. The molecule has 0 saturated carbocycles. The predicted molar refractivity (Wildman–Crippen MR) is 93.8 cm³/mol. The average molecular weight is 345 g/mol. The number of hydrogen-bond donors (Lipinski definition) is 0. The van der Waals surface area contributed by atoms with Gasteiger partial charge in [-0.05, 0) is 42.2 Å². The zero-order chi connectivity index (χ0) is 16.7. The van der Waals surface area contributed by atoms with E-state index >= 15 is 0 Å². The lowest BCUT2D eigenvalue weighted by molar-refractivity contribution is 0.166. The molecule has 24 heavy (non-hydrogen) atoms. The van der Waals surface area contributed by atoms with E-state index in [9.17, 15) is 0 Å². The first-order valence-electron chi connectivity index (χ1n) is 8.30. The quantitative estimate of drug-likeness (QED) is 0.839. The van der Waals surface area contributed by atoms with Crippen LogP contribution in [0.4, 0.5) is 0 Å². The summed E-state index contributed by atoms with van der Waals surface area (Å²) in [6, 6.07) is 9.14. The van der Waals surface area contributed by atoms with Crippen LogP contribution in [0.5, 0.6) is 11.5 Å². The molecule has 4 nitrogen and oxygen atoms in total. The predicted octanol–water partition coefficient (Wildman–Crippen LogP) is 4.01. The van der Waals surface area contributed by atoms with Gasteiger partial charge in [-0.3, -0.25) is 9.88 Å². The van der Waals surface area contributed by atoms with Crippen molar-refractivity contribution in [3.8, 4) is 11.5 Å². The van der Waals surface area contributed by atoms with Crippen LogP contribution in [0.25, 0.3) is 0 Å². The van der Waals surface area contributed by atoms with Crippen LogP contribution in [0, 0.1) is 0 Å². The highest BCUT2D eigenvalue weighted by atomic mass is 35.5. The lowest BCUT2D eigenvalue weighted by Gasteiger charge is -2.36. The van der Waals surface area contributed by atoms with Crippen LogP contribution in [0.15, 0.2) is 30.5 Å². The maximum absolute atomic E-state index is 6.19. The van der Waals surface area contributed by atoms with Gasteiger partial charge in [0.25, 0.3) is 0 Å². The van der Waals surface area contributed by atoms with Crippen molar-refractivity contribution in [1.82, 2.24) is 9.88 Å². The molecule has 3 heterocycles. The number of nitrogens with zero attached hydrogens (tertiary/aromatic N) is 2. The van der Waals surface area contributed by atoms with Crippen molar-refractivity contribution in [2.45, 2.75) is 37.9 Å². The Labute approximate surface area is 147 Å². The number of pyridine rings is 1. The molecular weight excluding hydrogens is 324 g/mol. The Morgan fingerprint density at radius 1 is 1.12 bits per heavy atom. The van der Waals surface area contributed by atoms with Gasteiger partial charge in [0.15, 0.2) is 0 Å². The molecule has 0 spiro atoms. The minimum atomic E-state index is 0.405. The molecule has 1 aromatic carbocycles. The lowest BCUT2D eigenvalue weighted by Crippen LogP contribution is -2.37. The normalized spacial score (nSPS) is 22.3. The van der Waals surface area contributed by atoms with Crippen molar-refractivity contribution in [2.75, 3.05) is 14.2 Å². The van der Waals surface area contributed by atoms with Crippen LogP contribution in [0.2, 0.25) is 5.02 Å². The third-order valence-corrected chi connectivity index (χ3v) is 5.38. The summed E-state index contributed by atoms with van der Waals surface area (Å²) in [6.07, 6.45) is 5.15. The smallest absolute Gasteiger partial charge is 0.122 e. The van der Waals surface area contributed by atoms with Gasteiger partial charge in [-0.1, -0.05) is 11.6 Å². The molecule has 0 radical (unpaired) electrons. The number of halogens is 1. The molecule has 5 heteroatoms. The summed E-state index contributed by atoms with van der Waals surface area (Å²) in [4.78, 5) is 7.14. The van der Waals surface area contributed by atoms with E-state index < -0.39 is 0 Å². The second-order valence-corrected chi connectivity index (χ2v) is 6.97. The van der Waals surface area contributed by atoms with Gasteiger partial charge in [0.2, 0.25) is 0 Å². The second kappa shape index (κ2) is 6.26. The van der Waals surface area contributed by atoms with Gasteiger partial charge >= 0.3 is 0 Å². The molecule has 2 bridgehead atoms. The topological polar surface area (TPSA) is 34.6 Å². The molecule has 0 aliphatic carbocycles. The van der Waals surface area contributed by atoms with Crippen molar-refractivity contribution < 1.29 is 9.47 Å². The van der Waals surface area contributed by atoms with Crippen molar-refractivity contribution in [3.05, 3.63) is 52.3 Å². The molecule has 1 saturated heterocycles. The molecule has 2 aromatic rings. The third-order valence-electron chi connectivity index (χ3n) is 5.18. The molecule has 126 valence electrons. The van der Waals surface area contributed by atoms with Gasteiger partial charge < -0.3 is 9.47 Å². The summed E-state index contributed by atoms with van der Waals surface area (Å²) in [5.41, 5.74) is 3.72. The monoisotopic (exact) mass is 344 g/mol. The van der Waals surface area contributed by atoms with Crippen molar-refractivity contribution in [3.63, 3.8) is 0 Å². The van der Waals surface area contributed by atoms with Crippen LogP contribution in [0.1, 0.15) is 35.7 Å². The molecule has 0 amide bonds. The highest BCUT2D eigenvalue weighted by molar-refractivity contribution is 6.30. The van der Waals surface area contributed by atoms with E-state index in [2.05, 4.69) is 28.1 Å². The van der Waals surface area contributed by atoms with Crippen LogP contribution in [-0.2, 0) is 13.0 Å². The van der Waals surface area contributed by atoms with E-state index in [0.29, 0.717) is 12.1 Å². The Bertz CT molecular complexity index is 743. The average Bonchev–Trinajstić information content (AvgIpc) is 2.87. The van der Waals surface area contributed by atoms with Crippen molar-refractivity contribution in [1.29, 1.82) is 0 Å². The van der Waals surface area contributed by atoms with Gasteiger partial charge in [-0.15, -0.1) is 0 Å². The largest absolute Gasteiger partial charge is 0.497 e. The molecule has 2 aliphatic rings. The Morgan fingerprint density at radius 3 is 2.58 bits per heavy atom. The minimum absolute atomic E-state index is 0.405. The first kappa shape index (κ1) is 15.7. The minimum Gasteiger partial charge on any atom is -0.497 e. The number of benzene rings is 1. The van der Waals surface area contributed by atoms with Crippen LogP contribution in [-0.4, -0.2) is 30.1 Å². The van der Waals surface area contributed by atoms with E-state index in [4.69, 9.17) is 21.1 Å². The zero-order valence-electron chi connectivity index (χ0n) is 14.0. The molecule has 2 aliphatic heterocycles. The first-order valence-corrected chi connectivity index (χ1v) is 8.67. The summed E-state index contributed by atoms with van der Waals surface area (Å²) in [6.45, 7) is 0.884. The van der Waals surface area contributed by atoms with E-state index in [1.165, 1.54) is 29.7 Å². The Hall–Kier alpha value is -1.78. The van der Waals surface area contributed by atoms with E-state index in [1.54, 1.807) is 20.4 Å². The summed E-state index contributed by atoms with van der Waals surface area (Å²) >= 11 is 6.19. The Kier molecular flexibility index (Phi) is 4.10. The van der Waals surface area contributed by atoms with Crippen molar-refractivity contribution in [2.24, 2.45) is 0 Å². The number of methoxy groups -OCH3 is 2. The molecule has 2 atom stereocenters. The summed E-state index contributed by atoms with van der Waals surface area (Å²) < 4.78 is 10.8. The number of rotatable bonds is 4. The number of hydrogen-bond acceptors (Lipinski definition) is 4. The van der Waals surface area contributed by atoms with Crippen LogP contribution >= 0.6 is 11.6 Å². The van der Waals surface area contributed by atoms with E-state index in [0.717, 1.165) is 29.5 Å². The molecule has 1 aromatic heterocycles. The molecule has 0 N–H and O–H groups in total. The zero-order valence-corrected chi connectivity index (χ0v) is 14.7. The molecular formula is C19H21ClN2O2. The highest BCUT2D eigenvalue weighted by Gasteiger charge is 2.40. The van der Waals surface area contributed by atoms with Gasteiger partial charge in [0.05, 0.1) is 19.2 Å². The summed E-state index contributed by atoms with van der Waals surface area (Å²) in [5, 5.41) is 0.724. The standard InChI is InChI=1S/C19H21ClN2O2/c1-23-15-5-12(6-16(9-15)24-2)11-22-14-3-4-19(22)17-7-13(20)10-21-18(17)8-14/h5-7,9-10,14,19H,3-4,8,11H2,1-2H3. The van der Waals surface area contributed by atoms with Gasteiger partial charge in [0.1, 0.15) is 11.5 Å². The molecule has 1 fully saturated rings. The lowest BCUT2D eigenvalue weighted by atomic mass is 9.97. The SMILES string of the molecule is COc1cc(CN2C3CCC2c2cc(Cl)cnc2C3)cc(OC)c1. The third kappa shape index (κ3) is 2.74. The molecule has 4 rings (SSSR count). The van der Waals surface area contributed by atoms with Crippen molar-refractivity contribution >= 4 is 11.6 Å². The van der Waals surface area contributed by atoms with Gasteiger partial charge in [0, 0.05) is 43.0 Å². The maximum atomic E-state index is 6.19. The van der Waals surface area contributed by atoms with Gasteiger partial charge in [-0.2, -0.15) is 0 Å². The second-order valence-electron chi connectivity index (χ2n) is 6.53. The number of aromatic nitrogens is 1. The van der Waals surface area contributed by atoms with Gasteiger partial charge in [-0.25, -0.2) is 0 Å². The fourth-order valence-corrected chi connectivity index (χ4v) is 4.23. The summed E-state index contributed by atoms with van der Waals surface area (Å²) in [7, 11) is 3.38. The maximum Gasteiger partial charge on any atom is 0.122 e. The highest BCUT2D eigenvalue weighted by Crippen LogP contribution is 2.44. The van der Waals surface area contributed by atoms with Crippen LogP contribution in [0.3, 0.4) is 0 Å². The Balaban J connectivity index is 1.64. The van der Waals surface area contributed by atoms with E-state index in [-0.39, 0.29) is 0 Å². The van der Waals surface area contributed by atoms with E-state index in [1.807, 2.05) is 6.07 Å².